The zero-order valence-electron chi connectivity index (χ0n) is 13.2. The van der Waals surface area contributed by atoms with E-state index in [2.05, 4.69) is 5.32 Å². The van der Waals surface area contributed by atoms with Gasteiger partial charge in [0.25, 0.3) is 5.91 Å². The lowest BCUT2D eigenvalue weighted by Gasteiger charge is -2.24. The summed E-state index contributed by atoms with van der Waals surface area (Å²) in [5.74, 6) is -1.70. The number of anilines is 1. The third-order valence-electron chi connectivity index (χ3n) is 3.83. The Morgan fingerprint density at radius 3 is 2.76 bits per heavy atom. The number of fused-ring (bicyclic) bond motifs is 1. The molecule has 0 spiro atoms. The fraction of sp³-hybridized carbons (Fsp3) is 0.167. The molecule has 0 aliphatic carbocycles. The first-order chi connectivity index (χ1) is 12.0. The average molecular weight is 360 g/mol. The minimum atomic E-state index is -0.994. The highest BCUT2D eigenvalue weighted by Gasteiger charge is 2.32. The summed E-state index contributed by atoms with van der Waals surface area (Å²) in [7, 11) is 1.26. The van der Waals surface area contributed by atoms with Crippen molar-refractivity contribution in [3.05, 3.63) is 64.2 Å². The van der Waals surface area contributed by atoms with Crippen LogP contribution < -0.4 is 5.32 Å². The molecule has 0 saturated heterocycles. The highest BCUT2D eigenvalue weighted by molar-refractivity contribution is 6.31. The van der Waals surface area contributed by atoms with Crippen LogP contribution in [-0.2, 0) is 20.7 Å². The Balaban J connectivity index is 1.80. The van der Waals surface area contributed by atoms with Crippen molar-refractivity contribution < 1.29 is 23.9 Å². The first-order valence-electron chi connectivity index (χ1n) is 7.47. The fourth-order valence-electron chi connectivity index (χ4n) is 2.59. The summed E-state index contributed by atoms with van der Waals surface area (Å²) in [6.07, 6.45) is -0.767. The van der Waals surface area contributed by atoms with Crippen LogP contribution >= 0.6 is 11.6 Å². The second-order valence-electron chi connectivity index (χ2n) is 5.43. The number of amides is 1. The van der Waals surface area contributed by atoms with Crippen LogP contribution in [0.25, 0.3) is 0 Å². The van der Waals surface area contributed by atoms with Gasteiger partial charge in [0.2, 0.25) is 0 Å². The summed E-state index contributed by atoms with van der Waals surface area (Å²) in [5.41, 5.74) is 1.54. The summed E-state index contributed by atoms with van der Waals surface area (Å²) in [6.45, 7) is 0. The molecule has 128 valence electrons. The number of ether oxygens (including phenoxy) is 2. The molecule has 2 aromatic rings. The van der Waals surface area contributed by atoms with Gasteiger partial charge in [0.15, 0.2) is 6.10 Å². The summed E-state index contributed by atoms with van der Waals surface area (Å²) in [6, 6.07) is 11.3. The molecule has 25 heavy (non-hydrogen) atoms. The molecule has 1 heterocycles. The smallest absolute Gasteiger partial charge is 0.339 e. The number of methoxy groups -OCH3 is 1. The topological polar surface area (TPSA) is 81.7 Å². The van der Waals surface area contributed by atoms with E-state index in [1.54, 1.807) is 30.3 Å². The average Bonchev–Trinajstić information content (AvgIpc) is 2.62. The first-order valence-corrected chi connectivity index (χ1v) is 7.85. The van der Waals surface area contributed by atoms with Crippen LogP contribution in [0.5, 0.6) is 0 Å². The number of hydrogen-bond acceptors (Lipinski definition) is 5. The van der Waals surface area contributed by atoms with Gasteiger partial charge in [-0.05, 0) is 29.8 Å². The number of cyclic esters (lactones) is 1. The van der Waals surface area contributed by atoms with Crippen molar-refractivity contribution in [1.29, 1.82) is 0 Å². The van der Waals surface area contributed by atoms with Crippen LogP contribution in [0.4, 0.5) is 5.69 Å². The van der Waals surface area contributed by atoms with Gasteiger partial charge in [-0.3, -0.25) is 4.79 Å². The molecule has 1 amide bonds. The zero-order valence-corrected chi connectivity index (χ0v) is 14.0. The lowest BCUT2D eigenvalue weighted by atomic mass is 9.98. The Bertz CT molecular complexity index is 864. The van der Waals surface area contributed by atoms with Gasteiger partial charge in [0.1, 0.15) is 0 Å². The van der Waals surface area contributed by atoms with E-state index in [0.717, 1.165) is 0 Å². The summed E-state index contributed by atoms with van der Waals surface area (Å²) in [4.78, 5) is 36.3. The maximum Gasteiger partial charge on any atom is 0.339 e. The second kappa shape index (κ2) is 6.94. The largest absolute Gasteiger partial charge is 0.465 e. The molecule has 2 aromatic carbocycles. The van der Waals surface area contributed by atoms with E-state index in [-0.39, 0.29) is 17.7 Å². The third kappa shape index (κ3) is 3.49. The molecule has 1 N–H and O–H groups in total. The van der Waals surface area contributed by atoms with Crippen LogP contribution in [-0.4, -0.2) is 31.1 Å². The molecular weight excluding hydrogens is 346 g/mol. The fourth-order valence-corrected chi connectivity index (χ4v) is 2.76. The van der Waals surface area contributed by atoms with E-state index in [1.165, 1.54) is 19.2 Å². The van der Waals surface area contributed by atoms with Gasteiger partial charge in [0, 0.05) is 11.4 Å². The van der Waals surface area contributed by atoms with Crippen molar-refractivity contribution in [3.63, 3.8) is 0 Å². The highest BCUT2D eigenvalue weighted by Crippen LogP contribution is 2.25. The number of nitrogens with one attached hydrogen (secondary N) is 1. The molecular formula is C18H14ClNO5. The molecule has 0 fully saturated rings. The van der Waals surface area contributed by atoms with Crippen LogP contribution in [0.15, 0.2) is 42.5 Å². The monoisotopic (exact) mass is 359 g/mol. The van der Waals surface area contributed by atoms with Crippen molar-refractivity contribution in [2.45, 2.75) is 12.5 Å². The number of halogens is 1. The number of benzene rings is 2. The minimum Gasteiger partial charge on any atom is -0.465 e. The Labute approximate surface area is 148 Å². The van der Waals surface area contributed by atoms with Crippen molar-refractivity contribution >= 4 is 35.1 Å². The Kier molecular flexibility index (Phi) is 4.72. The van der Waals surface area contributed by atoms with E-state index >= 15 is 0 Å². The molecule has 0 radical (unpaired) electrons. The van der Waals surface area contributed by atoms with Gasteiger partial charge in [0.05, 0.1) is 23.9 Å². The predicted octanol–water partition coefficient (Wildman–Crippen LogP) is 2.85. The molecule has 1 unspecified atom stereocenters. The summed E-state index contributed by atoms with van der Waals surface area (Å²) >= 11 is 5.88. The normalized spacial score (nSPS) is 15.8. The highest BCUT2D eigenvalue weighted by atomic mass is 35.5. The maximum absolute atomic E-state index is 12.5. The van der Waals surface area contributed by atoms with Crippen molar-refractivity contribution in [2.75, 3.05) is 12.4 Å². The van der Waals surface area contributed by atoms with Gasteiger partial charge in [-0.25, -0.2) is 9.59 Å². The van der Waals surface area contributed by atoms with E-state index < -0.39 is 23.9 Å². The lowest BCUT2D eigenvalue weighted by Crippen LogP contribution is -2.38. The number of hydrogen-bond donors (Lipinski definition) is 1. The van der Waals surface area contributed by atoms with E-state index in [0.29, 0.717) is 16.1 Å². The number of esters is 2. The van der Waals surface area contributed by atoms with Crippen molar-refractivity contribution in [3.8, 4) is 0 Å². The standard InChI is InChI=1S/C18H14ClNO5/c1-24-17(22)12-4-2-3-5-14(12)20-16(21)15-8-10-6-7-11(19)9-13(10)18(23)25-15/h2-7,9,15H,8H2,1H3,(H,20,21). The summed E-state index contributed by atoms with van der Waals surface area (Å²) in [5, 5.41) is 3.04. The SMILES string of the molecule is COC(=O)c1ccccc1NC(=O)C1Cc2ccc(Cl)cc2C(=O)O1. The number of para-hydroxylation sites is 1. The number of carbonyl (C=O) groups excluding carboxylic acids is 3. The Morgan fingerprint density at radius 2 is 2.00 bits per heavy atom. The van der Waals surface area contributed by atoms with E-state index in [4.69, 9.17) is 21.1 Å². The molecule has 1 aliphatic heterocycles. The van der Waals surface area contributed by atoms with Gasteiger partial charge in [-0.2, -0.15) is 0 Å². The van der Waals surface area contributed by atoms with Gasteiger partial charge < -0.3 is 14.8 Å². The molecule has 0 bridgehead atoms. The van der Waals surface area contributed by atoms with Crippen molar-refractivity contribution in [2.24, 2.45) is 0 Å². The van der Waals surface area contributed by atoms with Crippen LogP contribution in [0, 0.1) is 0 Å². The molecule has 1 atom stereocenters. The third-order valence-corrected chi connectivity index (χ3v) is 4.06. The lowest BCUT2D eigenvalue weighted by molar-refractivity contribution is -0.125. The zero-order chi connectivity index (χ0) is 18.0. The molecule has 1 aliphatic rings. The Morgan fingerprint density at radius 1 is 1.24 bits per heavy atom. The van der Waals surface area contributed by atoms with Crippen LogP contribution in [0.1, 0.15) is 26.3 Å². The number of carbonyl (C=O) groups is 3. The van der Waals surface area contributed by atoms with Gasteiger partial charge in [-0.15, -0.1) is 0 Å². The summed E-state index contributed by atoms with van der Waals surface area (Å²) < 4.78 is 9.89. The van der Waals surface area contributed by atoms with Crippen LogP contribution in [0.2, 0.25) is 5.02 Å². The number of rotatable bonds is 3. The molecule has 3 rings (SSSR count). The van der Waals surface area contributed by atoms with Gasteiger partial charge >= 0.3 is 11.9 Å². The molecule has 0 aromatic heterocycles. The Hall–Kier alpha value is -2.86. The van der Waals surface area contributed by atoms with E-state index in [1.807, 2.05) is 0 Å². The molecule has 0 saturated carbocycles. The predicted molar refractivity (Wildman–Crippen MR) is 90.8 cm³/mol. The maximum atomic E-state index is 12.5. The first kappa shape index (κ1) is 17.0. The van der Waals surface area contributed by atoms with Crippen molar-refractivity contribution in [1.82, 2.24) is 0 Å². The van der Waals surface area contributed by atoms with Gasteiger partial charge in [-0.1, -0.05) is 29.8 Å². The quantitative estimate of drug-likeness (QED) is 0.852. The minimum absolute atomic E-state index is 0.215. The van der Waals surface area contributed by atoms with E-state index in [9.17, 15) is 14.4 Å². The molecule has 7 heteroatoms. The van der Waals surface area contributed by atoms with Crippen LogP contribution in [0.3, 0.4) is 0 Å². The second-order valence-corrected chi connectivity index (χ2v) is 5.86. The molecule has 6 nitrogen and oxygen atoms in total.